The Hall–Kier alpha value is -1.08. The maximum atomic E-state index is 5.46. The number of hydrogen-bond acceptors (Lipinski definition) is 1. The van der Waals surface area contributed by atoms with E-state index >= 15 is 0 Å². The maximum Gasteiger partial charge on any atom is -0.00367 e. The molecule has 0 unspecified atom stereocenters. The van der Waals surface area contributed by atoms with Crippen LogP contribution in [0.3, 0.4) is 0 Å². The van der Waals surface area contributed by atoms with E-state index in [4.69, 9.17) is 5.73 Å². The van der Waals surface area contributed by atoms with Gasteiger partial charge < -0.3 is 5.73 Å². The zero-order valence-corrected chi connectivity index (χ0v) is 7.29. The molecule has 0 bridgehead atoms. The van der Waals surface area contributed by atoms with Crippen LogP contribution in [0.2, 0.25) is 0 Å². The smallest absolute Gasteiger partial charge is 0.00367 e. The summed E-state index contributed by atoms with van der Waals surface area (Å²) in [6.07, 6.45) is 3.82. The molecule has 1 aromatic rings. The first-order valence-electron chi connectivity index (χ1n) is 4.25. The molecule has 0 aliphatic heterocycles. The number of nitrogens with two attached hydrogens (primary N) is 1. The first-order valence-corrected chi connectivity index (χ1v) is 4.25. The highest BCUT2D eigenvalue weighted by Gasteiger charge is 1.92. The first kappa shape index (κ1) is 9.01. The van der Waals surface area contributed by atoms with Gasteiger partial charge in [0.2, 0.25) is 0 Å². The molecule has 1 rings (SSSR count). The van der Waals surface area contributed by atoms with Crippen molar-refractivity contribution >= 4 is 0 Å². The summed E-state index contributed by atoms with van der Waals surface area (Å²) >= 11 is 0. The molecule has 0 heterocycles. The number of benzene rings is 1. The van der Waals surface area contributed by atoms with Gasteiger partial charge in [-0.3, -0.25) is 0 Å². The van der Waals surface area contributed by atoms with Crippen LogP contribution in [-0.2, 0) is 12.8 Å². The molecule has 0 saturated heterocycles. The van der Waals surface area contributed by atoms with Gasteiger partial charge in [0.15, 0.2) is 0 Å². The highest BCUT2D eigenvalue weighted by molar-refractivity contribution is 5.25. The number of rotatable bonds is 4. The zero-order valence-electron chi connectivity index (χ0n) is 7.29. The summed E-state index contributed by atoms with van der Waals surface area (Å²) in [5.74, 6) is 0. The van der Waals surface area contributed by atoms with E-state index in [1.54, 1.807) is 0 Å². The minimum atomic E-state index is 0.720. The van der Waals surface area contributed by atoms with Crippen LogP contribution in [0.4, 0.5) is 0 Å². The molecule has 0 spiro atoms. The first-order chi connectivity index (χ1) is 5.86. The van der Waals surface area contributed by atoms with E-state index in [2.05, 4.69) is 30.8 Å². The van der Waals surface area contributed by atoms with Crippen molar-refractivity contribution in [2.75, 3.05) is 6.54 Å². The highest BCUT2D eigenvalue weighted by Crippen LogP contribution is 2.06. The molecule has 0 aromatic heterocycles. The van der Waals surface area contributed by atoms with Gasteiger partial charge in [0, 0.05) is 0 Å². The van der Waals surface area contributed by atoms with Gasteiger partial charge >= 0.3 is 0 Å². The van der Waals surface area contributed by atoms with Gasteiger partial charge in [0.1, 0.15) is 0 Å². The fourth-order valence-electron chi connectivity index (χ4n) is 1.25. The van der Waals surface area contributed by atoms with Crippen LogP contribution in [0.15, 0.2) is 36.9 Å². The van der Waals surface area contributed by atoms with Crippen molar-refractivity contribution in [1.82, 2.24) is 0 Å². The highest BCUT2D eigenvalue weighted by atomic mass is 14.5. The molecule has 1 nitrogen and oxygen atoms in total. The predicted molar refractivity (Wildman–Crippen MR) is 53.1 cm³/mol. The summed E-state index contributed by atoms with van der Waals surface area (Å²) in [4.78, 5) is 0. The Kier molecular flexibility index (Phi) is 3.55. The normalized spacial score (nSPS) is 9.75. The summed E-state index contributed by atoms with van der Waals surface area (Å²) in [7, 11) is 0. The van der Waals surface area contributed by atoms with Gasteiger partial charge in [0.05, 0.1) is 0 Å². The molecular weight excluding hydrogens is 146 g/mol. The van der Waals surface area contributed by atoms with Crippen molar-refractivity contribution in [3.05, 3.63) is 48.0 Å². The van der Waals surface area contributed by atoms with E-state index in [0.717, 1.165) is 19.4 Å². The van der Waals surface area contributed by atoms with E-state index in [9.17, 15) is 0 Å². The Morgan fingerprint density at radius 1 is 1.33 bits per heavy atom. The molecule has 0 aliphatic rings. The van der Waals surface area contributed by atoms with Gasteiger partial charge in [-0.15, -0.1) is 6.58 Å². The summed E-state index contributed by atoms with van der Waals surface area (Å²) in [6.45, 7) is 4.43. The SMILES string of the molecule is C=CCc1cccc(CCN)c1. The van der Waals surface area contributed by atoms with E-state index in [-0.39, 0.29) is 0 Å². The summed E-state index contributed by atoms with van der Waals surface area (Å²) in [6, 6.07) is 8.49. The summed E-state index contributed by atoms with van der Waals surface area (Å²) < 4.78 is 0. The third-order valence-corrected chi connectivity index (χ3v) is 1.80. The van der Waals surface area contributed by atoms with E-state index in [1.165, 1.54) is 11.1 Å². The van der Waals surface area contributed by atoms with Crippen LogP contribution in [0.1, 0.15) is 11.1 Å². The molecule has 1 heteroatoms. The van der Waals surface area contributed by atoms with Gasteiger partial charge in [-0.1, -0.05) is 30.3 Å². The van der Waals surface area contributed by atoms with Gasteiger partial charge in [-0.05, 0) is 30.5 Å². The fourth-order valence-corrected chi connectivity index (χ4v) is 1.25. The average molecular weight is 161 g/mol. The van der Waals surface area contributed by atoms with Crippen molar-refractivity contribution in [3.63, 3.8) is 0 Å². The van der Waals surface area contributed by atoms with Gasteiger partial charge in [-0.25, -0.2) is 0 Å². The lowest BCUT2D eigenvalue weighted by Crippen LogP contribution is -2.02. The van der Waals surface area contributed by atoms with Gasteiger partial charge in [0.25, 0.3) is 0 Å². The standard InChI is InChI=1S/C11H15N/c1-2-4-10-5-3-6-11(9-10)7-8-12/h2-3,5-6,9H,1,4,7-8,12H2. The quantitative estimate of drug-likeness (QED) is 0.671. The minimum absolute atomic E-state index is 0.720. The maximum absolute atomic E-state index is 5.46. The third kappa shape index (κ3) is 2.51. The van der Waals surface area contributed by atoms with Crippen molar-refractivity contribution in [2.24, 2.45) is 5.73 Å². The topological polar surface area (TPSA) is 26.0 Å². The van der Waals surface area contributed by atoms with E-state index < -0.39 is 0 Å². The van der Waals surface area contributed by atoms with Crippen molar-refractivity contribution in [2.45, 2.75) is 12.8 Å². The van der Waals surface area contributed by atoms with E-state index in [1.807, 2.05) is 6.08 Å². The second-order valence-corrected chi connectivity index (χ2v) is 2.85. The molecule has 0 fully saturated rings. The molecule has 1 aromatic carbocycles. The Labute approximate surface area is 73.9 Å². The summed E-state index contributed by atoms with van der Waals surface area (Å²) in [5.41, 5.74) is 8.10. The Morgan fingerprint density at radius 3 is 2.75 bits per heavy atom. The average Bonchev–Trinajstić information content (AvgIpc) is 2.06. The molecule has 0 aliphatic carbocycles. The van der Waals surface area contributed by atoms with Crippen LogP contribution < -0.4 is 5.73 Å². The molecule has 12 heavy (non-hydrogen) atoms. The largest absolute Gasteiger partial charge is 0.330 e. The monoisotopic (exact) mass is 161 g/mol. The van der Waals surface area contributed by atoms with Gasteiger partial charge in [-0.2, -0.15) is 0 Å². The molecule has 0 radical (unpaired) electrons. The lowest BCUT2D eigenvalue weighted by atomic mass is 10.1. The van der Waals surface area contributed by atoms with Crippen LogP contribution >= 0.6 is 0 Å². The number of hydrogen-bond donors (Lipinski definition) is 1. The lowest BCUT2D eigenvalue weighted by molar-refractivity contribution is 0.965. The second-order valence-electron chi connectivity index (χ2n) is 2.85. The summed E-state index contributed by atoms with van der Waals surface area (Å²) in [5, 5.41) is 0. The molecule has 0 atom stereocenters. The third-order valence-electron chi connectivity index (χ3n) is 1.80. The Balaban J connectivity index is 2.73. The number of allylic oxidation sites excluding steroid dienone is 1. The molecular formula is C11H15N. The van der Waals surface area contributed by atoms with Crippen molar-refractivity contribution < 1.29 is 0 Å². The molecule has 0 amide bonds. The van der Waals surface area contributed by atoms with Crippen LogP contribution in [0.25, 0.3) is 0 Å². The molecule has 0 saturated carbocycles. The van der Waals surface area contributed by atoms with Crippen LogP contribution in [0, 0.1) is 0 Å². The molecule has 2 N–H and O–H groups in total. The zero-order chi connectivity index (χ0) is 8.81. The second kappa shape index (κ2) is 4.73. The van der Waals surface area contributed by atoms with Crippen molar-refractivity contribution in [1.29, 1.82) is 0 Å². The Bertz CT molecular complexity index is 253. The fraction of sp³-hybridized carbons (Fsp3) is 0.273. The molecule has 64 valence electrons. The Morgan fingerprint density at radius 2 is 2.08 bits per heavy atom. The predicted octanol–water partition coefficient (Wildman–Crippen LogP) is 1.92. The minimum Gasteiger partial charge on any atom is -0.330 e. The van der Waals surface area contributed by atoms with Crippen LogP contribution in [-0.4, -0.2) is 6.54 Å². The lowest BCUT2D eigenvalue weighted by Gasteiger charge is -2.01. The van der Waals surface area contributed by atoms with Crippen molar-refractivity contribution in [3.8, 4) is 0 Å². The van der Waals surface area contributed by atoms with Crippen LogP contribution in [0.5, 0.6) is 0 Å². The van der Waals surface area contributed by atoms with E-state index in [0.29, 0.717) is 0 Å².